The van der Waals surface area contributed by atoms with Crippen LogP contribution in [0.1, 0.15) is 5.01 Å². The van der Waals surface area contributed by atoms with Crippen molar-refractivity contribution in [2.75, 3.05) is 19.8 Å². The van der Waals surface area contributed by atoms with Gasteiger partial charge in [-0.05, 0) is 0 Å². The van der Waals surface area contributed by atoms with Crippen LogP contribution in [-0.2, 0) is 6.54 Å². The maximum atomic E-state index is 9.03. The van der Waals surface area contributed by atoms with Crippen LogP contribution in [0, 0.1) is 0 Å². The third kappa shape index (κ3) is 3.37. The Hall–Kier alpha value is -0.240. The Morgan fingerprint density at radius 2 is 1.93 bits per heavy atom. The number of hydrogen-bond acceptors (Lipinski definition) is 6. The third-order valence-electron chi connectivity index (χ3n) is 2.05. The van der Waals surface area contributed by atoms with Crippen molar-refractivity contribution in [3.8, 4) is 0 Å². The van der Waals surface area contributed by atoms with Crippen molar-refractivity contribution in [1.29, 1.82) is 0 Å². The molecule has 0 bridgehead atoms. The second-order valence-electron chi connectivity index (χ2n) is 3.17. The van der Waals surface area contributed by atoms with Crippen LogP contribution in [-0.4, -0.2) is 45.7 Å². The zero-order valence-electron chi connectivity index (χ0n) is 7.98. The number of aliphatic hydroxyl groups is 3. The number of halogens is 1. The number of aliphatic hydroxyl groups excluding tert-OH is 3. The molecule has 0 unspecified atom stereocenters. The Morgan fingerprint density at radius 3 is 2.33 bits per heavy atom. The molecule has 4 N–H and O–H groups in total. The number of aromatic nitrogens is 1. The van der Waals surface area contributed by atoms with E-state index in [0.717, 1.165) is 5.01 Å². The van der Waals surface area contributed by atoms with E-state index in [4.69, 9.17) is 26.9 Å². The van der Waals surface area contributed by atoms with E-state index in [9.17, 15) is 0 Å². The number of rotatable bonds is 6. The molecular formula is C8H13ClN2O3S. The first-order chi connectivity index (χ1) is 7.15. The summed E-state index contributed by atoms with van der Waals surface area (Å²) in [6.45, 7) is -0.698. The van der Waals surface area contributed by atoms with E-state index in [1.807, 2.05) is 0 Å². The summed E-state index contributed by atoms with van der Waals surface area (Å²) in [5, 5.41) is 30.7. The number of hydrogen-bond donors (Lipinski definition) is 4. The SMILES string of the molecule is OCC(CO)(CO)NCc1ncc(Cl)s1. The van der Waals surface area contributed by atoms with Gasteiger partial charge in [-0.3, -0.25) is 5.32 Å². The van der Waals surface area contributed by atoms with Crippen LogP contribution < -0.4 is 5.32 Å². The lowest BCUT2D eigenvalue weighted by Gasteiger charge is -2.28. The number of nitrogens with one attached hydrogen (secondary N) is 1. The predicted octanol–water partition coefficient (Wildman–Crippen LogP) is -0.398. The van der Waals surface area contributed by atoms with Crippen molar-refractivity contribution in [2.45, 2.75) is 12.1 Å². The predicted molar refractivity (Wildman–Crippen MR) is 58.0 cm³/mol. The molecule has 5 nitrogen and oxygen atoms in total. The molecule has 1 heterocycles. The van der Waals surface area contributed by atoms with Crippen molar-refractivity contribution in [3.63, 3.8) is 0 Å². The van der Waals surface area contributed by atoms with Gasteiger partial charge >= 0.3 is 0 Å². The standard InChI is InChI=1S/C8H13ClN2O3S/c9-6-1-10-7(15-6)2-11-8(3-12,4-13)5-14/h1,11-14H,2-5H2. The van der Waals surface area contributed by atoms with E-state index < -0.39 is 5.54 Å². The van der Waals surface area contributed by atoms with Crippen molar-refractivity contribution in [3.05, 3.63) is 15.5 Å². The minimum Gasteiger partial charge on any atom is -0.394 e. The van der Waals surface area contributed by atoms with E-state index in [1.54, 1.807) is 0 Å². The third-order valence-corrected chi connectivity index (χ3v) is 3.16. The lowest BCUT2D eigenvalue weighted by atomic mass is 10.0. The summed E-state index contributed by atoms with van der Waals surface area (Å²) in [5.74, 6) is 0. The van der Waals surface area contributed by atoms with Crippen molar-refractivity contribution >= 4 is 22.9 Å². The van der Waals surface area contributed by atoms with Crippen molar-refractivity contribution in [1.82, 2.24) is 10.3 Å². The van der Waals surface area contributed by atoms with Crippen LogP contribution >= 0.6 is 22.9 Å². The molecule has 7 heteroatoms. The molecule has 0 fully saturated rings. The van der Waals surface area contributed by atoms with Gasteiger partial charge in [0.15, 0.2) is 0 Å². The van der Waals surface area contributed by atoms with Crippen LogP contribution in [0.5, 0.6) is 0 Å². The van der Waals surface area contributed by atoms with Gasteiger partial charge in [-0.2, -0.15) is 0 Å². The molecule has 0 spiro atoms. The van der Waals surface area contributed by atoms with Gasteiger partial charge in [0.25, 0.3) is 0 Å². The van der Waals surface area contributed by atoms with Crippen LogP contribution in [0.3, 0.4) is 0 Å². The first kappa shape index (κ1) is 12.8. The Bertz CT molecular complexity index is 296. The summed E-state index contributed by atoms with van der Waals surface area (Å²) in [6, 6.07) is 0. The quantitative estimate of drug-likeness (QED) is 0.554. The normalized spacial score (nSPS) is 12.0. The fourth-order valence-electron chi connectivity index (χ4n) is 0.951. The summed E-state index contributed by atoms with van der Waals surface area (Å²) >= 11 is 7.00. The van der Waals surface area contributed by atoms with Gasteiger partial charge in [-0.15, -0.1) is 11.3 Å². The first-order valence-electron chi connectivity index (χ1n) is 4.33. The molecule has 0 saturated carbocycles. The van der Waals surface area contributed by atoms with Gasteiger partial charge < -0.3 is 15.3 Å². The largest absolute Gasteiger partial charge is 0.394 e. The topological polar surface area (TPSA) is 85.6 Å². The van der Waals surface area contributed by atoms with E-state index in [1.165, 1.54) is 17.5 Å². The van der Waals surface area contributed by atoms with Crippen LogP contribution in [0.15, 0.2) is 6.20 Å². The van der Waals surface area contributed by atoms with Crippen molar-refractivity contribution < 1.29 is 15.3 Å². The molecule has 1 rings (SSSR count). The maximum absolute atomic E-state index is 9.03. The molecule has 0 aliphatic rings. The number of nitrogens with zero attached hydrogens (tertiary/aromatic N) is 1. The smallest absolute Gasteiger partial charge is 0.113 e. The highest BCUT2D eigenvalue weighted by Gasteiger charge is 2.27. The van der Waals surface area contributed by atoms with E-state index >= 15 is 0 Å². The maximum Gasteiger partial charge on any atom is 0.113 e. The van der Waals surface area contributed by atoms with Crippen LogP contribution in [0.25, 0.3) is 0 Å². The fraction of sp³-hybridized carbons (Fsp3) is 0.625. The molecule has 0 saturated heterocycles. The van der Waals surface area contributed by atoms with Gasteiger partial charge in [-0.25, -0.2) is 4.98 Å². The molecule has 1 aromatic heterocycles. The molecular weight excluding hydrogens is 240 g/mol. The molecule has 86 valence electrons. The monoisotopic (exact) mass is 252 g/mol. The fourth-order valence-corrected chi connectivity index (χ4v) is 1.85. The molecule has 0 atom stereocenters. The van der Waals surface area contributed by atoms with E-state index in [2.05, 4.69) is 10.3 Å². The van der Waals surface area contributed by atoms with Gasteiger partial charge in [0.1, 0.15) is 9.34 Å². The molecule has 0 aliphatic heterocycles. The van der Waals surface area contributed by atoms with Gasteiger partial charge in [-0.1, -0.05) is 11.6 Å². The Balaban J connectivity index is 2.54. The van der Waals surface area contributed by atoms with E-state index in [-0.39, 0.29) is 19.8 Å². The molecule has 0 radical (unpaired) electrons. The van der Waals surface area contributed by atoms with Gasteiger partial charge in [0.05, 0.1) is 31.6 Å². The highest BCUT2D eigenvalue weighted by Crippen LogP contribution is 2.18. The molecule has 15 heavy (non-hydrogen) atoms. The van der Waals surface area contributed by atoms with E-state index in [0.29, 0.717) is 10.9 Å². The van der Waals surface area contributed by atoms with Crippen LogP contribution in [0.2, 0.25) is 4.34 Å². The summed E-state index contributed by atoms with van der Waals surface area (Å²) in [6.07, 6.45) is 1.53. The summed E-state index contributed by atoms with van der Waals surface area (Å²) in [5.41, 5.74) is -1.07. The molecule has 0 amide bonds. The Labute approximate surface area is 96.4 Å². The van der Waals surface area contributed by atoms with Crippen molar-refractivity contribution in [2.24, 2.45) is 0 Å². The highest BCUT2D eigenvalue weighted by atomic mass is 35.5. The number of thiazole rings is 1. The highest BCUT2D eigenvalue weighted by molar-refractivity contribution is 7.15. The van der Waals surface area contributed by atoms with Gasteiger partial charge in [0, 0.05) is 6.54 Å². The lowest BCUT2D eigenvalue weighted by molar-refractivity contribution is 0.0413. The zero-order valence-corrected chi connectivity index (χ0v) is 9.55. The minimum absolute atomic E-state index is 0.346. The van der Waals surface area contributed by atoms with Gasteiger partial charge in [0.2, 0.25) is 0 Å². The second-order valence-corrected chi connectivity index (χ2v) is 4.91. The average molecular weight is 253 g/mol. The lowest BCUT2D eigenvalue weighted by Crippen LogP contribution is -2.54. The first-order valence-corrected chi connectivity index (χ1v) is 5.53. The zero-order chi connectivity index (χ0) is 11.3. The minimum atomic E-state index is -1.07. The summed E-state index contributed by atoms with van der Waals surface area (Å²) in [7, 11) is 0. The molecule has 0 aromatic carbocycles. The van der Waals surface area contributed by atoms with Crippen LogP contribution in [0.4, 0.5) is 0 Å². The summed E-state index contributed by atoms with van der Waals surface area (Å²) in [4.78, 5) is 4.00. The Morgan fingerprint density at radius 1 is 1.33 bits per heavy atom. The second kappa shape index (κ2) is 5.74. The average Bonchev–Trinajstić information content (AvgIpc) is 2.67. The summed E-state index contributed by atoms with van der Waals surface area (Å²) < 4.78 is 0.578. The molecule has 0 aliphatic carbocycles. The molecule has 1 aromatic rings. The Kier molecular flexibility index (Phi) is 4.91.